The molecule has 4 aromatic rings. The fourth-order valence-corrected chi connectivity index (χ4v) is 8.83. The predicted octanol–water partition coefficient (Wildman–Crippen LogP) is 3.52. The Morgan fingerprint density at radius 2 is 0.783 bits per heavy atom. The summed E-state index contributed by atoms with van der Waals surface area (Å²) in [5.41, 5.74) is 3.40. The fourth-order valence-electron chi connectivity index (χ4n) is 6.45. The first kappa shape index (κ1) is 46.5. The highest BCUT2D eigenvalue weighted by Gasteiger charge is 2.31. The summed E-state index contributed by atoms with van der Waals surface area (Å²) in [6, 6.07) is 29.1. The Morgan fingerprint density at radius 3 is 1.08 bits per heavy atom. The summed E-state index contributed by atoms with van der Waals surface area (Å²) in [4.78, 5) is 31.5. The van der Waals surface area contributed by atoms with Gasteiger partial charge in [-0.2, -0.15) is 9.44 Å². The second-order valence-electron chi connectivity index (χ2n) is 14.5. The van der Waals surface area contributed by atoms with Gasteiger partial charge in [0.1, 0.15) is 12.1 Å². The Hall–Kier alpha value is -4.52. The summed E-state index contributed by atoms with van der Waals surface area (Å²) in [7, 11) is -8.08. The Balaban J connectivity index is 1.22. The maximum absolute atomic E-state index is 14.2. The van der Waals surface area contributed by atoms with Crippen molar-refractivity contribution >= 4 is 31.9 Å². The molecule has 16 heteroatoms. The average molecular weight is 865 g/mol. The minimum Gasteiger partial charge on any atom is -0.377 e. The molecule has 0 radical (unpaired) electrons. The highest BCUT2D eigenvalue weighted by molar-refractivity contribution is 7.89. The van der Waals surface area contributed by atoms with Crippen LogP contribution in [0.4, 0.5) is 0 Å². The number of hydrogen-bond donors (Lipinski definition) is 2. The van der Waals surface area contributed by atoms with E-state index in [9.17, 15) is 26.4 Å². The van der Waals surface area contributed by atoms with Gasteiger partial charge >= 0.3 is 0 Å². The van der Waals surface area contributed by atoms with Crippen LogP contribution in [0.15, 0.2) is 119 Å². The van der Waals surface area contributed by atoms with Crippen LogP contribution < -0.4 is 9.44 Å². The van der Waals surface area contributed by atoms with E-state index in [1.807, 2.05) is 74.5 Å². The maximum Gasteiger partial charge on any atom is 0.241 e. The number of rotatable bonds is 12. The fraction of sp³-hybridized carbons (Fsp3) is 0.409. The van der Waals surface area contributed by atoms with Crippen LogP contribution in [0, 0.1) is 13.8 Å². The van der Waals surface area contributed by atoms with Crippen molar-refractivity contribution in [1.82, 2.24) is 19.2 Å². The van der Waals surface area contributed by atoms with Crippen molar-refractivity contribution in [2.24, 2.45) is 0 Å². The van der Waals surface area contributed by atoms with Crippen LogP contribution in [0.2, 0.25) is 0 Å². The van der Waals surface area contributed by atoms with Gasteiger partial charge in [0.05, 0.1) is 62.6 Å². The smallest absolute Gasteiger partial charge is 0.241 e. The zero-order chi connectivity index (χ0) is 42.8. The first-order valence-electron chi connectivity index (χ1n) is 20.1. The van der Waals surface area contributed by atoms with Crippen LogP contribution in [0.1, 0.15) is 22.3 Å². The number of amides is 2. The van der Waals surface area contributed by atoms with Crippen molar-refractivity contribution in [3.63, 3.8) is 0 Å². The second kappa shape index (κ2) is 23.5. The van der Waals surface area contributed by atoms with E-state index in [-0.39, 0.29) is 102 Å². The zero-order valence-electron chi connectivity index (χ0n) is 34.2. The molecule has 0 unspecified atom stereocenters. The molecule has 1 aliphatic rings. The Kier molecular flexibility index (Phi) is 18.2. The first-order valence-corrected chi connectivity index (χ1v) is 23.0. The molecule has 0 spiro atoms. The van der Waals surface area contributed by atoms with Crippen molar-refractivity contribution in [1.29, 1.82) is 0 Å². The van der Waals surface area contributed by atoms with E-state index >= 15 is 0 Å². The van der Waals surface area contributed by atoms with Gasteiger partial charge in [-0.3, -0.25) is 9.59 Å². The largest absolute Gasteiger partial charge is 0.377 e. The van der Waals surface area contributed by atoms with E-state index in [4.69, 9.17) is 18.9 Å². The van der Waals surface area contributed by atoms with E-state index in [1.165, 1.54) is 24.3 Å². The lowest BCUT2D eigenvalue weighted by Crippen LogP contribution is -2.51. The van der Waals surface area contributed by atoms with Gasteiger partial charge < -0.3 is 28.7 Å². The van der Waals surface area contributed by atoms with Gasteiger partial charge in [0.25, 0.3) is 0 Å². The van der Waals surface area contributed by atoms with Gasteiger partial charge in [-0.25, -0.2) is 16.8 Å². The molecule has 0 aliphatic carbocycles. The molecule has 0 saturated carbocycles. The topological polar surface area (TPSA) is 170 Å². The lowest BCUT2D eigenvalue weighted by molar-refractivity contribution is -0.136. The summed E-state index contributed by atoms with van der Waals surface area (Å²) in [6.07, 6.45) is 0.269. The van der Waals surface area contributed by atoms with Gasteiger partial charge in [0.2, 0.25) is 31.9 Å². The average Bonchev–Trinajstić information content (AvgIpc) is 3.23. The Morgan fingerprint density at radius 1 is 0.483 bits per heavy atom. The standard InChI is InChI=1S/C44H56N4O10S2/c1-35-13-17-39(18-14-35)59(51,52)45-41(33-37-9-5-3-6-10-37)43(49)47-21-25-55-29-31-57-27-23-48(24-28-58-32-30-56-26-22-47)44(50)42(34-38-11-7-4-8-12-38)46-60(53,54)40-19-15-36(2)16-20-40/h3-20,41-42,45-46H,21-34H2,1-2H3/t41-,42+. The molecule has 1 aliphatic heterocycles. The molecule has 60 heavy (non-hydrogen) atoms. The molecule has 4 aromatic carbocycles. The minimum absolute atomic E-state index is 0.0625. The van der Waals surface area contributed by atoms with Crippen molar-refractivity contribution < 1.29 is 45.4 Å². The third kappa shape index (κ3) is 14.9. The molecular formula is C44H56N4O10S2. The van der Waals surface area contributed by atoms with Crippen LogP contribution in [-0.4, -0.2) is 130 Å². The minimum atomic E-state index is -4.04. The van der Waals surface area contributed by atoms with Crippen molar-refractivity contribution in [2.75, 3.05) is 79.0 Å². The molecule has 5 rings (SSSR count). The third-order valence-corrected chi connectivity index (χ3v) is 12.8. The van der Waals surface area contributed by atoms with Gasteiger partial charge in [0, 0.05) is 26.2 Å². The number of hydrogen-bond acceptors (Lipinski definition) is 10. The highest BCUT2D eigenvalue weighted by Crippen LogP contribution is 2.16. The SMILES string of the molecule is Cc1ccc(S(=O)(=O)N[C@@H](Cc2ccccc2)C(=O)N2CCOCCOCCN(C(=O)[C@@H](Cc3ccccc3)NS(=O)(=O)c3ccc(C)cc3)CCOCCOCC2)cc1. The van der Waals surface area contributed by atoms with Crippen LogP contribution in [0.3, 0.4) is 0 Å². The molecular weight excluding hydrogens is 809 g/mol. The van der Waals surface area contributed by atoms with E-state index in [2.05, 4.69) is 9.44 Å². The van der Waals surface area contributed by atoms with E-state index in [0.29, 0.717) is 0 Å². The monoisotopic (exact) mass is 864 g/mol. The number of nitrogens with zero attached hydrogens (tertiary/aromatic N) is 2. The van der Waals surface area contributed by atoms with Gasteiger partial charge in [0.15, 0.2) is 0 Å². The molecule has 1 saturated heterocycles. The van der Waals surface area contributed by atoms with Crippen molar-refractivity contribution in [2.45, 2.75) is 48.6 Å². The number of benzene rings is 4. The number of nitrogens with one attached hydrogen (secondary N) is 2. The van der Waals surface area contributed by atoms with E-state index in [1.54, 1.807) is 34.1 Å². The second-order valence-corrected chi connectivity index (χ2v) is 17.9. The van der Waals surface area contributed by atoms with Crippen molar-refractivity contribution in [3.8, 4) is 0 Å². The van der Waals surface area contributed by atoms with Gasteiger partial charge in [-0.1, -0.05) is 96.1 Å². The molecule has 14 nitrogen and oxygen atoms in total. The molecule has 2 atom stereocenters. The number of carbonyl (C=O) groups is 2. The van der Waals surface area contributed by atoms with Crippen LogP contribution in [0.25, 0.3) is 0 Å². The molecule has 0 bridgehead atoms. The zero-order valence-corrected chi connectivity index (χ0v) is 35.9. The molecule has 1 fully saturated rings. The maximum atomic E-state index is 14.2. The highest BCUT2D eigenvalue weighted by atomic mass is 32.2. The lowest BCUT2D eigenvalue weighted by atomic mass is 10.1. The summed E-state index contributed by atoms with van der Waals surface area (Å²) in [5, 5.41) is 0. The van der Waals surface area contributed by atoms with Crippen LogP contribution in [0.5, 0.6) is 0 Å². The predicted molar refractivity (Wildman–Crippen MR) is 227 cm³/mol. The Labute approximate surface area is 354 Å². The third-order valence-electron chi connectivity index (χ3n) is 9.81. The summed E-state index contributed by atoms with van der Waals surface area (Å²) in [6.45, 7) is 5.75. The Bertz CT molecular complexity index is 1970. The number of sulfonamides is 2. The summed E-state index contributed by atoms with van der Waals surface area (Å²) < 4.78 is 82.7. The number of carbonyl (C=O) groups excluding carboxylic acids is 2. The summed E-state index contributed by atoms with van der Waals surface area (Å²) in [5.74, 6) is -0.833. The van der Waals surface area contributed by atoms with E-state index in [0.717, 1.165) is 22.3 Å². The molecule has 1 heterocycles. The van der Waals surface area contributed by atoms with Crippen LogP contribution >= 0.6 is 0 Å². The molecule has 324 valence electrons. The van der Waals surface area contributed by atoms with Crippen LogP contribution in [-0.2, 0) is 61.4 Å². The molecule has 2 N–H and O–H groups in total. The van der Waals surface area contributed by atoms with Gasteiger partial charge in [-0.15, -0.1) is 0 Å². The lowest BCUT2D eigenvalue weighted by Gasteiger charge is -2.29. The molecule has 0 aromatic heterocycles. The molecule has 2 amide bonds. The summed E-state index contributed by atoms with van der Waals surface area (Å²) >= 11 is 0. The number of ether oxygens (including phenoxy) is 4. The first-order chi connectivity index (χ1) is 28.9. The quantitative estimate of drug-likeness (QED) is 0.215. The number of aryl methyl sites for hydroxylation is 2. The van der Waals surface area contributed by atoms with Crippen molar-refractivity contribution in [3.05, 3.63) is 131 Å². The van der Waals surface area contributed by atoms with E-state index < -0.39 is 43.9 Å². The normalized spacial score (nSPS) is 16.9. The van der Waals surface area contributed by atoms with Gasteiger partial charge in [-0.05, 0) is 62.1 Å².